The molecule has 1 N–H and O–H groups in total. The summed E-state index contributed by atoms with van der Waals surface area (Å²) < 4.78 is 0. The van der Waals surface area contributed by atoms with Gasteiger partial charge < -0.3 is 5.11 Å². The molecule has 1 unspecified atom stereocenters. The Morgan fingerprint density at radius 2 is 1.13 bits per heavy atom. The zero-order chi connectivity index (χ0) is 20.8. The van der Waals surface area contributed by atoms with Crippen LogP contribution in [0.4, 0.5) is 0 Å². The largest absolute Gasteiger partial charge is 0.388 e. The van der Waals surface area contributed by atoms with Gasteiger partial charge in [-0.3, -0.25) is 0 Å². The topological polar surface area (TPSA) is 20.2 Å². The minimum atomic E-state index is -0.372. The number of hydrogen-bond acceptors (Lipinski definition) is 1. The summed E-state index contributed by atoms with van der Waals surface area (Å²) in [5.74, 6) is 0. The molecule has 0 heterocycles. The highest BCUT2D eigenvalue weighted by Crippen LogP contribution is 2.38. The Bertz CT molecular complexity index is 1050. The summed E-state index contributed by atoms with van der Waals surface area (Å²) in [6.07, 6.45) is 13.8. The van der Waals surface area contributed by atoms with Crippen LogP contribution in [0.3, 0.4) is 0 Å². The molecule has 0 saturated carbocycles. The van der Waals surface area contributed by atoms with E-state index in [1.165, 1.54) is 90.1 Å². The van der Waals surface area contributed by atoms with Crippen LogP contribution < -0.4 is 0 Å². The van der Waals surface area contributed by atoms with Crippen LogP contribution in [-0.4, -0.2) is 5.11 Å². The Labute approximate surface area is 181 Å². The fourth-order valence-electron chi connectivity index (χ4n) is 5.03. The van der Waals surface area contributed by atoms with E-state index in [1.54, 1.807) is 0 Å². The summed E-state index contributed by atoms with van der Waals surface area (Å²) in [7, 11) is 0. The molecule has 158 valence electrons. The molecule has 1 atom stereocenters. The summed E-state index contributed by atoms with van der Waals surface area (Å²) in [5, 5.41) is 18.7. The van der Waals surface area contributed by atoms with Crippen LogP contribution in [0.25, 0.3) is 32.3 Å². The lowest BCUT2D eigenvalue weighted by Gasteiger charge is -2.17. The number of rotatable bonds is 12. The van der Waals surface area contributed by atoms with Gasteiger partial charge in [0, 0.05) is 0 Å². The lowest BCUT2D eigenvalue weighted by atomic mass is 9.89. The zero-order valence-electron chi connectivity index (χ0n) is 18.5. The van der Waals surface area contributed by atoms with E-state index >= 15 is 0 Å². The minimum absolute atomic E-state index is 0.372. The van der Waals surface area contributed by atoms with Crippen LogP contribution in [0, 0.1) is 0 Å². The Balaban J connectivity index is 1.35. The molecule has 0 radical (unpaired) electrons. The molecule has 1 nitrogen and oxygen atoms in total. The highest BCUT2D eigenvalue weighted by Gasteiger charge is 2.15. The monoisotopic (exact) mass is 400 g/mol. The quantitative estimate of drug-likeness (QED) is 0.186. The van der Waals surface area contributed by atoms with Crippen molar-refractivity contribution >= 4 is 32.3 Å². The predicted octanol–water partition coefficient (Wildman–Crippen LogP) is 8.93. The van der Waals surface area contributed by atoms with E-state index in [0.29, 0.717) is 0 Å². The summed E-state index contributed by atoms with van der Waals surface area (Å²) >= 11 is 0. The summed E-state index contributed by atoms with van der Waals surface area (Å²) in [6, 6.07) is 19.7. The second-order valence-corrected chi connectivity index (χ2v) is 9.00. The molecule has 30 heavy (non-hydrogen) atoms. The Morgan fingerprint density at radius 1 is 0.600 bits per heavy atom. The molecule has 0 bridgehead atoms. The molecule has 0 aliphatic heterocycles. The van der Waals surface area contributed by atoms with Gasteiger partial charge >= 0.3 is 0 Å². The number of aliphatic hydroxyl groups excluding tert-OH is 1. The average molecular weight is 401 g/mol. The van der Waals surface area contributed by atoms with Crippen molar-refractivity contribution in [3.63, 3.8) is 0 Å². The van der Waals surface area contributed by atoms with Crippen LogP contribution in [0.1, 0.15) is 89.2 Å². The molecule has 0 aliphatic rings. The first kappa shape index (κ1) is 21.1. The molecule has 0 fully saturated rings. The molecular weight excluding hydrogens is 364 g/mol. The lowest BCUT2D eigenvalue weighted by molar-refractivity contribution is 0.165. The van der Waals surface area contributed by atoms with Gasteiger partial charge in [0.15, 0.2) is 0 Å². The maximum atomic E-state index is 11.0. The maximum Gasteiger partial charge on any atom is 0.0796 e. The van der Waals surface area contributed by atoms with E-state index in [9.17, 15) is 5.11 Å². The normalized spacial score (nSPS) is 13.0. The number of unbranched alkanes of at least 4 members (excludes halogenated alkanes) is 9. The third-order valence-electron chi connectivity index (χ3n) is 6.75. The second kappa shape index (κ2) is 10.3. The van der Waals surface area contributed by atoms with Crippen LogP contribution in [0.15, 0.2) is 54.6 Å². The molecule has 0 aromatic heterocycles. The zero-order valence-corrected chi connectivity index (χ0v) is 18.5. The van der Waals surface area contributed by atoms with E-state index in [2.05, 4.69) is 61.5 Å². The standard InChI is InChI=1S/C29H36O/c1-2-3-4-5-6-7-8-9-10-11-15-27(30)25-20-18-24-17-16-22-13-12-14-23-19-21-26(25)29(24)28(22)23/h12-14,16-21,27,30H,2-11,15H2,1H3. The van der Waals surface area contributed by atoms with Crippen LogP contribution in [-0.2, 0) is 0 Å². The first-order valence-electron chi connectivity index (χ1n) is 12.1. The van der Waals surface area contributed by atoms with Crippen molar-refractivity contribution in [3.8, 4) is 0 Å². The summed E-state index contributed by atoms with van der Waals surface area (Å²) in [4.78, 5) is 0. The van der Waals surface area contributed by atoms with Crippen molar-refractivity contribution in [2.24, 2.45) is 0 Å². The molecule has 1 heteroatoms. The number of benzene rings is 4. The fraction of sp³-hybridized carbons (Fsp3) is 0.448. The van der Waals surface area contributed by atoms with Crippen LogP contribution in [0.2, 0.25) is 0 Å². The fourth-order valence-corrected chi connectivity index (χ4v) is 5.03. The van der Waals surface area contributed by atoms with E-state index in [0.717, 1.165) is 18.4 Å². The highest BCUT2D eigenvalue weighted by atomic mass is 16.3. The lowest BCUT2D eigenvalue weighted by Crippen LogP contribution is -1.99. The van der Waals surface area contributed by atoms with Gasteiger partial charge in [-0.25, -0.2) is 0 Å². The van der Waals surface area contributed by atoms with Crippen molar-refractivity contribution < 1.29 is 5.11 Å². The molecular formula is C29H36O. The van der Waals surface area contributed by atoms with Gasteiger partial charge in [0.05, 0.1) is 6.10 Å². The Morgan fingerprint density at radius 3 is 1.80 bits per heavy atom. The van der Waals surface area contributed by atoms with Gasteiger partial charge in [0.25, 0.3) is 0 Å². The van der Waals surface area contributed by atoms with Gasteiger partial charge in [-0.2, -0.15) is 0 Å². The molecule has 0 spiro atoms. The highest BCUT2D eigenvalue weighted by molar-refractivity contribution is 6.23. The smallest absolute Gasteiger partial charge is 0.0796 e. The predicted molar refractivity (Wildman–Crippen MR) is 132 cm³/mol. The van der Waals surface area contributed by atoms with Gasteiger partial charge in [0.1, 0.15) is 0 Å². The number of hydrogen-bond donors (Lipinski definition) is 1. The third kappa shape index (κ3) is 4.62. The van der Waals surface area contributed by atoms with Gasteiger partial charge in [-0.1, -0.05) is 126 Å². The maximum absolute atomic E-state index is 11.0. The van der Waals surface area contributed by atoms with Crippen molar-refractivity contribution in [1.29, 1.82) is 0 Å². The first-order chi connectivity index (χ1) is 14.8. The summed E-state index contributed by atoms with van der Waals surface area (Å²) in [5.41, 5.74) is 1.09. The molecule has 0 saturated heterocycles. The van der Waals surface area contributed by atoms with Crippen molar-refractivity contribution in [3.05, 3.63) is 60.2 Å². The minimum Gasteiger partial charge on any atom is -0.388 e. The van der Waals surface area contributed by atoms with Gasteiger partial charge in [0.2, 0.25) is 0 Å². The SMILES string of the molecule is CCCCCCCCCCCCC(O)c1ccc2ccc3cccc4ccc1c2c34. The summed E-state index contributed by atoms with van der Waals surface area (Å²) in [6.45, 7) is 2.27. The Kier molecular flexibility index (Phi) is 7.23. The van der Waals surface area contributed by atoms with Crippen LogP contribution >= 0.6 is 0 Å². The molecule has 4 aromatic carbocycles. The molecule has 0 aliphatic carbocycles. The third-order valence-corrected chi connectivity index (χ3v) is 6.75. The van der Waals surface area contributed by atoms with Crippen LogP contribution in [0.5, 0.6) is 0 Å². The van der Waals surface area contributed by atoms with E-state index in [4.69, 9.17) is 0 Å². The van der Waals surface area contributed by atoms with E-state index in [-0.39, 0.29) is 6.10 Å². The van der Waals surface area contributed by atoms with Crippen molar-refractivity contribution in [1.82, 2.24) is 0 Å². The van der Waals surface area contributed by atoms with Gasteiger partial charge in [-0.05, 0) is 44.3 Å². The molecule has 4 aromatic rings. The Hall–Kier alpha value is -2.12. The average Bonchev–Trinajstić information content (AvgIpc) is 2.78. The van der Waals surface area contributed by atoms with Crippen molar-refractivity contribution in [2.75, 3.05) is 0 Å². The van der Waals surface area contributed by atoms with Crippen molar-refractivity contribution in [2.45, 2.75) is 83.7 Å². The number of aliphatic hydroxyl groups is 1. The van der Waals surface area contributed by atoms with E-state index < -0.39 is 0 Å². The van der Waals surface area contributed by atoms with Gasteiger partial charge in [-0.15, -0.1) is 0 Å². The molecule has 4 rings (SSSR count). The van der Waals surface area contributed by atoms with E-state index in [1.807, 2.05) is 0 Å². The first-order valence-corrected chi connectivity index (χ1v) is 12.1. The second-order valence-electron chi connectivity index (χ2n) is 9.00. The molecule has 0 amide bonds.